The number of benzene rings is 1. The number of carboxylic acids is 1. The first-order valence-electron chi connectivity index (χ1n) is 7.16. The Labute approximate surface area is 135 Å². The van der Waals surface area contributed by atoms with Gasteiger partial charge < -0.3 is 10.4 Å². The Kier molecular flexibility index (Phi) is 5.90. The SMILES string of the molecule is CC[C@H](C)[C@H](NC(=O)c1cc(C)c(C)c(S(N)(=O)=O)c1)C(=O)O. The molecule has 1 rings (SSSR count). The van der Waals surface area contributed by atoms with E-state index in [9.17, 15) is 23.1 Å². The summed E-state index contributed by atoms with van der Waals surface area (Å²) in [5, 5.41) is 16.8. The number of hydrogen-bond acceptors (Lipinski definition) is 4. The summed E-state index contributed by atoms with van der Waals surface area (Å²) < 4.78 is 23.2. The summed E-state index contributed by atoms with van der Waals surface area (Å²) >= 11 is 0. The molecule has 0 aliphatic rings. The van der Waals surface area contributed by atoms with Gasteiger partial charge in [-0.3, -0.25) is 4.79 Å². The maximum atomic E-state index is 12.3. The highest BCUT2D eigenvalue weighted by Gasteiger charge is 2.26. The first kappa shape index (κ1) is 19.1. The second-order valence-electron chi connectivity index (χ2n) is 5.64. The molecule has 0 aliphatic carbocycles. The van der Waals surface area contributed by atoms with Gasteiger partial charge in [-0.1, -0.05) is 20.3 Å². The smallest absolute Gasteiger partial charge is 0.326 e. The van der Waals surface area contributed by atoms with Gasteiger partial charge in [0.25, 0.3) is 5.91 Å². The van der Waals surface area contributed by atoms with E-state index in [4.69, 9.17) is 5.14 Å². The van der Waals surface area contributed by atoms with Crippen LogP contribution in [0.5, 0.6) is 0 Å². The number of sulfonamides is 1. The highest BCUT2D eigenvalue weighted by atomic mass is 32.2. The van der Waals surface area contributed by atoms with Crippen LogP contribution in [0.2, 0.25) is 0 Å². The molecule has 0 spiro atoms. The van der Waals surface area contributed by atoms with Gasteiger partial charge >= 0.3 is 5.97 Å². The van der Waals surface area contributed by atoms with E-state index in [0.717, 1.165) is 0 Å². The fourth-order valence-corrected chi connectivity index (χ4v) is 3.04. The van der Waals surface area contributed by atoms with Gasteiger partial charge in [-0.25, -0.2) is 18.4 Å². The molecule has 1 amide bonds. The Bertz CT molecular complexity index is 728. The van der Waals surface area contributed by atoms with Crippen molar-refractivity contribution in [2.45, 2.75) is 45.1 Å². The zero-order chi connectivity index (χ0) is 17.9. The molecule has 0 saturated carbocycles. The predicted octanol–water partition coefficient (Wildman–Crippen LogP) is 1.18. The average molecular weight is 342 g/mol. The third kappa shape index (κ3) is 4.52. The second-order valence-corrected chi connectivity index (χ2v) is 7.17. The van der Waals surface area contributed by atoms with E-state index in [1.807, 2.05) is 6.92 Å². The van der Waals surface area contributed by atoms with Crippen molar-refractivity contribution in [1.82, 2.24) is 5.32 Å². The lowest BCUT2D eigenvalue weighted by Crippen LogP contribution is -2.45. The van der Waals surface area contributed by atoms with Crippen LogP contribution in [0.3, 0.4) is 0 Å². The number of primary sulfonamides is 1. The van der Waals surface area contributed by atoms with Gasteiger partial charge in [-0.05, 0) is 43.0 Å². The summed E-state index contributed by atoms with van der Waals surface area (Å²) in [6.07, 6.45) is 0.576. The normalized spacial score (nSPS) is 14.1. The van der Waals surface area contributed by atoms with Crippen molar-refractivity contribution in [1.29, 1.82) is 0 Å². The molecule has 2 atom stereocenters. The minimum absolute atomic E-state index is 0.0617. The maximum absolute atomic E-state index is 12.3. The zero-order valence-electron chi connectivity index (χ0n) is 13.6. The number of carbonyl (C=O) groups excluding carboxylic acids is 1. The number of nitrogens with one attached hydrogen (secondary N) is 1. The number of carbonyl (C=O) groups is 2. The third-order valence-corrected chi connectivity index (χ3v) is 4.99. The molecule has 0 heterocycles. The minimum atomic E-state index is -3.97. The quantitative estimate of drug-likeness (QED) is 0.715. The Morgan fingerprint density at radius 3 is 2.30 bits per heavy atom. The van der Waals surface area contributed by atoms with Crippen LogP contribution in [0.25, 0.3) is 0 Å². The van der Waals surface area contributed by atoms with Gasteiger partial charge in [0, 0.05) is 5.56 Å². The van der Waals surface area contributed by atoms with Crippen LogP contribution in [0, 0.1) is 19.8 Å². The number of hydrogen-bond donors (Lipinski definition) is 3. The van der Waals surface area contributed by atoms with Crippen LogP contribution in [-0.2, 0) is 14.8 Å². The molecule has 8 heteroatoms. The lowest BCUT2D eigenvalue weighted by Gasteiger charge is -2.20. The monoisotopic (exact) mass is 342 g/mol. The second kappa shape index (κ2) is 7.10. The standard InChI is InChI=1S/C15H22N2O5S/c1-5-8(2)13(15(19)20)17-14(18)11-6-9(3)10(4)12(7-11)23(16,21)22/h6-8,13H,5H2,1-4H3,(H,17,18)(H,19,20)(H2,16,21,22)/t8-,13-/m0/s1. The fourth-order valence-electron chi connectivity index (χ4n) is 2.16. The fraction of sp³-hybridized carbons (Fsp3) is 0.467. The zero-order valence-corrected chi connectivity index (χ0v) is 14.4. The van der Waals surface area contributed by atoms with Crippen molar-refractivity contribution in [3.63, 3.8) is 0 Å². The van der Waals surface area contributed by atoms with Crippen molar-refractivity contribution in [3.05, 3.63) is 28.8 Å². The van der Waals surface area contributed by atoms with E-state index in [0.29, 0.717) is 17.5 Å². The van der Waals surface area contributed by atoms with Crippen molar-refractivity contribution in [2.75, 3.05) is 0 Å². The van der Waals surface area contributed by atoms with Crippen LogP contribution in [0.15, 0.2) is 17.0 Å². The Morgan fingerprint density at radius 1 is 1.30 bits per heavy atom. The molecule has 1 aromatic carbocycles. The lowest BCUT2D eigenvalue weighted by molar-refractivity contribution is -0.140. The molecule has 0 unspecified atom stereocenters. The van der Waals surface area contributed by atoms with Gasteiger partial charge in [-0.15, -0.1) is 0 Å². The van der Waals surface area contributed by atoms with Gasteiger partial charge in [-0.2, -0.15) is 0 Å². The molecule has 23 heavy (non-hydrogen) atoms. The number of rotatable bonds is 6. The van der Waals surface area contributed by atoms with Gasteiger partial charge in [0.15, 0.2) is 0 Å². The van der Waals surface area contributed by atoms with Gasteiger partial charge in [0.1, 0.15) is 6.04 Å². The highest BCUT2D eigenvalue weighted by molar-refractivity contribution is 7.89. The van der Waals surface area contributed by atoms with Crippen molar-refractivity contribution < 1.29 is 23.1 Å². The van der Waals surface area contributed by atoms with Crippen molar-refractivity contribution in [3.8, 4) is 0 Å². The van der Waals surface area contributed by atoms with Crippen molar-refractivity contribution in [2.24, 2.45) is 11.1 Å². The molecular weight excluding hydrogens is 320 g/mol. The summed E-state index contributed by atoms with van der Waals surface area (Å²) in [5.74, 6) is -2.05. The van der Waals surface area contributed by atoms with Crippen LogP contribution in [-0.4, -0.2) is 31.4 Å². The molecule has 4 N–H and O–H groups in total. The molecule has 0 aliphatic heterocycles. The van der Waals surface area contributed by atoms with E-state index in [-0.39, 0.29) is 16.4 Å². The Morgan fingerprint density at radius 2 is 1.87 bits per heavy atom. The molecule has 0 fully saturated rings. The van der Waals surface area contributed by atoms with E-state index in [1.54, 1.807) is 20.8 Å². The molecule has 0 radical (unpaired) electrons. The predicted molar refractivity (Wildman–Crippen MR) is 85.6 cm³/mol. The lowest BCUT2D eigenvalue weighted by atomic mass is 9.98. The van der Waals surface area contributed by atoms with E-state index in [2.05, 4.69) is 5.32 Å². The van der Waals surface area contributed by atoms with Gasteiger partial charge in [0.05, 0.1) is 4.90 Å². The summed E-state index contributed by atoms with van der Waals surface area (Å²) in [4.78, 5) is 23.5. The largest absolute Gasteiger partial charge is 0.480 e. The van der Waals surface area contributed by atoms with Crippen LogP contribution < -0.4 is 10.5 Å². The van der Waals surface area contributed by atoms with Crippen LogP contribution in [0.4, 0.5) is 0 Å². The number of amides is 1. The van der Waals surface area contributed by atoms with E-state index in [1.165, 1.54) is 12.1 Å². The molecule has 7 nitrogen and oxygen atoms in total. The first-order valence-corrected chi connectivity index (χ1v) is 8.71. The maximum Gasteiger partial charge on any atom is 0.326 e. The summed E-state index contributed by atoms with van der Waals surface area (Å²) in [7, 11) is -3.97. The van der Waals surface area contributed by atoms with Crippen LogP contribution in [0.1, 0.15) is 41.8 Å². The topological polar surface area (TPSA) is 127 Å². The van der Waals surface area contributed by atoms with Gasteiger partial charge in [0.2, 0.25) is 10.0 Å². The molecule has 1 aromatic rings. The Balaban J connectivity index is 3.24. The third-order valence-electron chi connectivity index (χ3n) is 3.95. The number of aliphatic carboxylic acids is 1. The Hall–Kier alpha value is -1.93. The number of carboxylic acid groups (broad SMARTS) is 1. The number of aryl methyl sites for hydroxylation is 1. The molecule has 0 saturated heterocycles. The summed E-state index contributed by atoms with van der Waals surface area (Å²) in [5.41, 5.74) is 1.10. The van der Waals surface area contributed by atoms with E-state index < -0.39 is 27.9 Å². The molecule has 0 bridgehead atoms. The first-order chi connectivity index (χ1) is 10.5. The van der Waals surface area contributed by atoms with E-state index >= 15 is 0 Å². The minimum Gasteiger partial charge on any atom is -0.480 e. The summed E-state index contributed by atoms with van der Waals surface area (Å²) in [6, 6.07) is 1.63. The molecule has 0 aromatic heterocycles. The summed E-state index contributed by atoms with van der Waals surface area (Å²) in [6.45, 7) is 6.79. The molecular formula is C15H22N2O5S. The molecule has 128 valence electrons. The number of nitrogens with two attached hydrogens (primary N) is 1. The highest BCUT2D eigenvalue weighted by Crippen LogP contribution is 2.20. The van der Waals surface area contributed by atoms with Crippen LogP contribution >= 0.6 is 0 Å². The van der Waals surface area contributed by atoms with Crippen molar-refractivity contribution >= 4 is 21.9 Å². The average Bonchev–Trinajstić information content (AvgIpc) is 2.44.